The van der Waals surface area contributed by atoms with Gasteiger partial charge in [0.25, 0.3) is 0 Å². The second-order valence-corrected chi connectivity index (χ2v) is 1.71. The zero-order chi connectivity index (χ0) is 5.28. The van der Waals surface area contributed by atoms with E-state index < -0.39 is 0 Å². The van der Waals surface area contributed by atoms with Gasteiger partial charge in [0.2, 0.25) is 5.91 Å². The summed E-state index contributed by atoms with van der Waals surface area (Å²) in [4.78, 5) is 10.3. The third kappa shape index (κ3) is 0.899. The van der Waals surface area contributed by atoms with Gasteiger partial charge in [0.1, 0.15) is 0 Å². The van der Waals surface area contributed by atoms with Crippen LogP contribution in [0.5, 0.6) is 0 Å². The Labute approximate surface area is 42.3 Å². The van der Waals surface area contributed by atoms with Crippen LogP contribution >= 0.6 is 0 Å². The Bertz CT molecular complexity index is 91.7. The van der Waals surface area contributed by atoms with Crippen molar-refractivity contribution < 1.29 is 4.79 Å². The van der Waals surface area contributed by atoms with E-state index in [2.05, 4.69) is 5.43 Å². The molecule has 1 heterocycles. The number of rotatable bonds is 0. The van der Waals surface area contributed by atoms with Crippen LogP contribution in [0.4, 0.5) is 0 Å². The maximum atomic E-state index is 10.3. The SMILES string of the molecule is CN1CCC(=O)N1. The van der Waals surface area contributed by atoms with Crippen molar-refractivity contribution in [3.05, 3.63) is 0 Å². The highest BCUT2D eigenvalue weighted by atomic mass is 16.2. The molecule has 0 aromatic rings. The van der Waals surface area contributed by atoms with Crippen LogP contribution in [-0.4, -0.2) is 24.5 Å². The van der Waals surface area contributed by atoms with E-state index in [9.17, 15) is 4.79 Å². The summed E-state index contributed by atoms with van der Waals surface area (Å²) in [7, 11) is 1.85. The van der Waals surface area contributed by atoms with Gasteiger partial charge in [-0.2, -0.15) is 0 Å². The maximum Gasteiger partial charge on any atom is 0.235 e. The molecule has 3 nitrogen and oxygen atoms in total. The highest BCUT2D eigenvalue weighted by Crippen LogP contribution is 1.91. The summed E-state index contributed by atoms with van der Waals surface area (Å²) < 4.78 is 0. The highest BCUT2D eigenvalue weighted by Gasteiger charge is 2.12. The van der Waals surface area contributed by atoms with Gasteiger partial charge in [0, 0.05) is 20.0 Å². The Morgan fingerprint density at radius 2 is 2.57 bits per heavy atom. The molecule has 7 heavy (non-hydrogen) atoms. The molecule has 1 N–H and O–H groups in total. The lowest BCUT2D eigenvalue weighted by atomic mass is 10.4. The molecule has 1 amide bonds. The van der Waals surface area contributed by atoms with E-state index in [0.29, 0.717) is 6.42 Å². The van der Waals surface area contributed by atoms with E-state index in [0.717, 1.165) is 6.54 Å². The number of nitrogens with zero attached hydrogens (tertiary/aromatic N) is 1. The fourth-order valence-electron chi connectivity index (χ4n) is 0.594. The van der Waals surface area contributed by atoms with Crippen molar-refractivity contribution >= 4 is 5.91 Å². The number of hydrazine groups is 1. The van der Waals surface area contributed by atoms with Gasteiger partial charge in [-0.05, 0) is 0 Å². The quantitative estimate of drug-likeness (QED) is 0.439. The fraction of sp³-hybridized carbons (Fsp3) is 0.750. The molecule has 40 valence electrons. The van der Waals surface area contributed by atoms with Crippen LogP contribution in [0, 0.1) is 0 Å². The van der Waals surface area contributed by atoms with Gasteiger partial charge >= 0.3 is 0 Å². The van der Waals surface area contributed by atoms with Gasteiger partial charge in [-0.25, -0.2) is 5.01 Å². The van der Waals surface area contributed by atoms with Crippen molar-refractivity contribution in [1.29, 1.82) is 0 Å². The second-order valence-electron chi connectivity index (χ2n) is 1.71. The number of hydrogen-bond donors (Lipinski definition) is 1. The van der Waals surface area contributed by atoms with E-state index in [1.807, 2.05) is 7.05 Å². The van der Waals surface area contributed by atoms with Gasteiger partial charge in [-0.1, -0.05) is 0 Å². The first-order chi connectivity index (χ1) is 3.29. The minimum absolute atomic E-state index is 0.127. The van der Waals surface area contributed by atoms with Crippen molar-refractivity contribution in [3.63, 3.8) is 0 Å². The fourth-order valence-corrected chi connectivity index (χ4v) is 0.594. The van der Waals surface area contributed by atoms with E-state index in [1.165, 1.54) is 0 Å². The van der Waals surface area contributed by atoms with Crippen molar-refractivity contribution in [1.82, 2.24) is 10.4 Å². The molecule has 0 spiro atoms. The van der Waals surface area contributed by atoms with Crippen LogP contribution in [0.2, 0.25) is 0 Å². The summed E-state index contributed by atoms with van der Waals surface area (Å²) in [5.41, 5.74) is 2.61. The van der Waals surface area contributed by atoms with Crippen LogP contribution in [0.3, 0.4) is 0 Å². The Morgan fingerprint density at radius 1 is 1.86 bits per heavy atom. The van der Waals surface area contributed by atoms with E-state index in [1.54, 1.807) is 5.01 Å². The largest absolute Gasteiger partial charge is 0.289 e. The standard InChI is InChI=1S/C4H8N2O/c1-6-3-2-4(7)5-6/h2-3H2,1H3,(H,5,7). The molecule has 1 aliphatic heterocycles. The summed E-state index contributed by atoms with van der Waals surface area (Å²) in [5, 5.41) is 1.78. The molecule has 1 fully saturated rings. The summed E-state index contributed by atoms with van der Waals surface area (Å²) in [6.45, 7) is 0.846. The molecule has 3 heteroatoms. The van der Waals surface area contributed by atoms with Crippen LogP contribution < -0.4 is 5.43 Å². The lowest BCUT2D eigenvalue weighted by molar-refractivity contribution is -0.120. The van der Waals surface area contributed by atoms with Gasteiger partial charge < -0.3 is 0 Å². The number of amides is 1. The number of carbonyl (C=O) groups excluding carboxylic acids is 1. The van der Waals surface area contributed by atoms with Crippen molar-refractivity contribution in [2.45, 2.75) is 6.42 Å². The van der Waals surface area contributed by atoms with Crippen molar-refractivity contribution in [2.75, 3.05) is 13.6 Å². The van der Waals surface area contributed by atoms with Crippen molar-refractivity contribution in [2.24, 2.45) is 0 Å². The smallest absolute Gasteiger partial charge is 0.235 e. The zero-order valence-electron chi connectivity index (χ0n) is 4.27. The third-order valence-corrected chi connectivity index (χ3v) is 0.990. The number of nitrogens with one attached hydrogen (secondary N) is 1. The summed E-state index contributed by atoms with van der Waals surface area (Å²) in [6, 6.07) is 0. The summed E-state index contributed by atoms with van der Waals surface area (Å²) >= 11 is 0. The summed E-state index contributed by atoms with van der Waals surface area (Å²) in [6.07, 6.45) is 0.649. The predicted molar refractivity (Wildman–Crippen MR) is 25.4 cm³/mol. The van der Waals surface area contributed by atoms with E-state index in [4.69, 9.17) is 0 Å². The van der Waals surface area contributed by atoms with Crippen LogP contribution in [-0.2, 0) is 4.79 Å². The molecule has 0 aromatic carbocycles. The minimum atomic E-state index is 0.127. The first-order valence-electron chi connectivity index (χ1n) is 2.29. The van der Waals surface area contributed by atoms with E-state index >= 15 is 0 Å². The molecular weight excluding hydrogens is 92.1 g/mol. The Kier molecular flexibility index (Phi) is 0.982. The highest BCUT2D eigenvalue weighted by molar-refractivity contribution is 5.77. The van der Waals surface area contributed by atoms with Crippen LogP contribution in [0.1, 0.15) is 6.42 Å². The van der Waals surface area contributed by atoms with Gasteiger partial charge in [-0.15, -0.1) is 0 Å². The molecule has 0 aromatic heterocycles. The molecular formula is C4H8N2O. The lowest BCUT2D eigenvalue weighted by Gasteiger charge is -2.02. The summed E-state index contributed by atoms with van der Waals surface area (Å²) in [5.74, 6) is 0.127. The molecule has 0 bridgehead atoms. The molecule has 0 atom stereocenters. The molecule has 1 aliphatic rings. The number of carbonyl (C=O) groups is 1. The minimum Gasteiger partial charge on any atom is -0.289 e. The number of hydrogen-bond acceptors (Lipinski definition) is 2. The normalized spacial score (nSPS) is 22.7. The monoisotopic (exact) mass is 100 g/mol. The maximum absolute atomic E-state index is 10.3. The molecule has 0 radical (unpaired) electrons. The van der Waals surface area contributed by atoms with E-state index in [-0.39, 0.29) is 5.91 Å². The van der Waals surface area contributed by atoms with Crippen LogP contribution in [0.25, 0.3) is 0 Å². The lowest BCUT2D eigenvalue weighted by Crippen LogP contribution is -2.28. The average molecular weight is 100 g/mol. The Hall–Kier alpha value is -0.570. The topological polar surface area (TPSA) is 32.3 Å². The average Bonchev–Trinajstić information content (AvgIpc) is 1.87. The zero-order valence-corrected chi connectivity index (χ0v) is 4.27. The molecule has 0 saturated carbocycles. The Balaban J connectivity index is 2.40. The van der Waals surface area contributed by atoms with Gasteiger partial charge in [-0.3, -0.25) is 10.2 Å². The Morgan fingerprint density at radius 3 is 2.71 bits per heavy atom. The predicted octanol–water partition coefficient (Wildman–Crippen LogP) is -0.647. The third-order valence-electron chi connectivity index (χ3n) is 0.990. The van der Waals surface area contributed by atoms with Crippen molar-refractivity contribution in [3.8, 4) is 0 Å². The molecule has 0 unspecified atom stereocenters. The molecule has 0 aliphatic carbocycles. The molecule has 1 saturated heterocycles. The first-order valence-corrected chi connectivity index (χ1v) is 2.29. The second kappa shape index (κ2) is 1.50. The molecule has 1 rings (SSSR count). The van der Waals surface area contributed by atoms with Gasteiger partial charge in [0.15, 0.2) is 0 Å². The first kappa shape index (κ1) is 4.59. The van der Waals surface area contributed by atoms with Gasteiger partial charge in [0.05, 0.1) is 0 Å². The van der Waals surface area contributed by atoms with Crippen LogP contribution in [0.15, 0.2) is 0 Å².